The topological polar surface area (TPSA) is 174 Å². The number of aromatic hydroxyl groups is 1. The lowest BCUT2D eigenvalue weighted by Crippen LogP contribution is -2.48. The number of alkyl halides is 5. The summed E-state index contributed by atoms with van der Waals surface area (Å²) in [6.45, 7) is 19.2. The van der Waals surface area contributed by atoms with Gasteiger partial charge in [0.2, 0.25) is 0 Å². The van der Waals surface area contributed by atoms with Crippen LogP contribution in [0.3, 0.4) is 0 Å². The highest BCUT2D eigenvalue weighted by Crippen LogP contribution is 2.51. The highest BCUT2D eigenvalue weighted by molar-refractivity contribution is 5.94. The van der Waals surface area contributed by atoms with Gasteiger partial charge in [-0.25, -0.2) is 57.1 Å². The number of aromatic nitrogens is 4. The van der Waals surface area contributed by atoms with Crippen molar-refractivity contribution in [1.82, 2.24) is 39.5 Å². The van der Waals surface area contributed by atoms with E-state index in [1.54, 1.807) is 37.1 Å². The summed E-state index contributed by atoms with van der Waals surface area (Å²) in [7, 11) is 1.58. The average molecular weight is 1810 g/mol. The Morgan fingerprint density at radius 2 is 0.687 bits per heavy atom. The van der Waals surface area contributed by atoms with E-state index in [9.17, 15) is 46.2 Å². The molecule has 5 aliphatic rings. The fourth-order valence-electron chi connectivity index (χ4n) is 19.0. The van der Waals surface area contributed by atoms with Crippen molar-refractivity contribution < 1.29 is 86.1 Å². The van der Waals surface area contributed by atoms with Crippen molar-refractivity contribution in [2.75, 3.05) is 33.3 Å². The van der Waals surface area contributed by atoms with Crippen LogP contribution in [-0.4, -0.2) is 148 Å². The Morgan fingerprint density at radius 3 is 1.00 bits per heavy atom. The normalized spacial score (nSPS) is 20.1. The Hall–Kier alpha value is -11.9. The van der Waals surface area contributed by atoms with E-state index in [4.69, 9.17) is 4.74 Å². The van der Waals surface area contributed by atoms with Crippen molar-refractivity contribution in [2.24, 2.45) is 0 Å². The molecule has 1 saturated carbocycles. The van der Waals surface area contributed by atoms with Crippen LogP contribution in [0.2, 0.25) is 0 Å². The highest BCUT2D eigenvalue weighted by Gasteiger charge is 2.51. The molecule has 4 aromatic heterocycles. The third-order valence-corrected chi connectivity index (χ3v) is 24.8. The van der Waals surface area contributed by atoms with Crippen LogP contribution in [0.4, 0.5) is 57.1 Å². The molecule has 4 aliphatic heterocycles. The molecule has 17 rings (SSSR count). The Labute approximate surface area is 751 Å². The fourth-order valence-corrected chi connectivity index (χ4v) is 19.0. The number of phenolic OH excluding ortho intramolecular Hbond substituents is 1. The maximum atomic E-state index is 15.5. The summed E-state index contributed by atoms with van der Waals surface area (Å²) < 4.78 is 201. The molecule has 1 fully saturated rings. The first-order valence-electron chi connectivity index (χ1n) is 43.6. The number of benzene rings is 8. The molecule has 12 aromatic rings. The number of allylic oxidation sites excluding steroid dienone is 4. The van der Waals surface area contributed by atoms with Gasteiger partial charge in [0.25, 0.3) is 5.92 Å². The summed E-state index contributed by atoms with van der Waals surface area (Å²) in [5, 5.41) is 13.7. The van der Waals surface area contributed by atoms with Crippen LogP contribution in [0, 0.1) is 46.5 Å². The van der Waals surface area contributed by atoms with Gasteiger partial charge in [0, 0.05) is 145 Å². The van der Waals surface area contributed by atoms with Crippen LogP contribution in [0.1, 0.15) is 217 Å². The predicted molar refractivity (Wildman–Crippen MR) is 487 cm³/mol. The molecule has 0 radical (unpaired) electrons. The van der Waals surface area contributed by atoms with Crippen molar-refractivity contribution in [3.05, 3.63) is 294 Å². The van der Waals surface area contributed by atoms with Crippen molar-refractivity contribution in [3.63, 3.8) is 0 Å². The van der Waals surface area contributed by atoms with E-state index in [2.05, 4.69) is 19.9 Å². The number of para-hydroxylation sites is 2. The summed E-state index contributed by atoms with van der Waals surface area (Å²) in [4.78, 5) is 65.1. The third-order valence-electron chi connectivity index (χ3n) is 24.8. The zero-order valence-corrected chi connectivity index (χ0v) is 75.2. The summed E-state index contributed by atoms with van der Waals surface area (Å²) in [6.07, 6.45) is 13.7. The van der Waals surface area contributed by atoms with Crippen LogP contribution >= 0.6 is 0 Å². The van der Waals surface area contributed by atoms with Gasteiger partial charge in [-0.1, -0.05) is 60.7 Å². The molecule has 131 heavy (non-hydrogen) atoms. The van der Waals surface area contributed by atoms with Crippen LogP contribution < -0.4 is 4.74 Å². The van der Waals surface area contributed by atoms with Crippen molar-refractivity contribution >= 4 is 91.0 Å². The Bertz CT molecular complexity index is 6260. The molecule has 5 N–H and O–H groups in total. The Morgan fingerprint density at radius 1 is 0.397 bits per heavy atom. The summed E-state index contributed by atoms with van der Waals surface area (Å²) in [5.41, 5.74) is 5.21. The van der Waals surface area contributed by atoms with E-state index in [1.807, 2.05) is 97.3 Å². The lowest BCUT2D eigenvalue weighted by molar-refractivity contribution is -0.113. The second-order valence-electron chi connectivity index (χ2n) is 36.8. The van der Waals surface area contributed by atoms with E-state index in [-0.39, 0.29) is 117 Å². The number of fused-ring (bicyclic) bond motifs is 12. The number of ether oxygens (including phenoxy) is 1. The first-order valence-corrected chi connectivity index (χ1v) is 43.6. The maximum absolute atomic E-state index is 15.5. The van der Waals surface area contributed by atoms with E-state index < -0.39 is 100 Å². The first-order chi connectivity index (χ1) is 61.7. The molecule has 1 aliphatic carbocycles. The van der Waals surface area contributed by atoms with E-state index in [0.29, 0.717) is 61.4 Å². The molecule has 14 nitrogen and oxygen atoms in total. The van der Waals surface area contributed by atoms with Gasteiger partial charge in [0.15, 0.2) is 23.1 Å². The number of carbonyl (C=O) groups excluding carboxylic acids is 4. The number of aromatic amines is 4. The summed E-state index contributed by atoms with van der Waals surface area (Å²) in [5.74, 6) is -9.33. The van der Waals surface area contributed by atoms with Gasteiger partial charge >= 0.3 is 0 Å². The average Bonchev–Trinajstić information content (AvgIpc) is 1.56. The zero-order valence-electron chi connectivity index (χ0n) is 75.2. The molecule has 0 amide bonds. The minimum absolute atomic E-state index is 0.00182. The van der Waals surface area contributed by atoms with Crippen LogP contribution in [0.25, 0.3) is 67.9 Å². The molecule has 8 heterocycles. The smallest absolute Gasteiger partial charge is 0.257 e. The van der Waals surface area contributed by atoms with Crippen LogP contribution in [0.5, 0.6) is 11.5 Å². The molecule has 27 heteroatoms. The third kappa shape index (κ3) is 21.0. The second-order valence-corrected chi connectivity index (χ2v) is 36.8. The van der Waals surface area contributed by atoms with Gasteiger partial charge in [-0.15, -0.1) is 0 Å². The molecule has 8 aromatic carbocycles. The number of halogens is 13. The zero-order chi connectivity index (χ0) is 94.7. The standard InChI is InChI=1S/C27H29F3N2O2.C26H27F3N2O2.C26H25F3N2O.C25H24F4N2O/c1-15-10-20-19-9-8-18(34-5)13-23(19)31-25(20)26(32(15)14-27(3,4)30)24-21(28)11-17(12-22(24)29)7-6-16(2)33;1-14-9-19-18-12-17(33)7-8-22(18)30-24(19)25(31(14)13-26(3,4)29)23-20(27)10-16(11-21(23)28)6-5-15(2)32;1-15-11-19-18-5-3-4-6-22(18)30-24(19)25(31(15)14-26(29)9-10-26)23-20(27)12-17(13-21(23)28)8-7-16(2)32;1-14-10-18-17-6-4-5-7-21(17)30-23(18)24(31(14)13-25(3,28)29)22-19(26)11-16(12-20(22)27)9-8-15(2)32/h6-9,11-13,15,26,31H,10,14H2,1-5H3;5-8,10-12,14,25,30,33H,9,13H2,1-4H3;3-8,12-13,15,25,30H,9-11,14H2,1-2H3;4-9,11-12,14,24,30H,10,13H2,1-3H3/b7-6+;6-5+;8-7+;9-8+/t;;15-,25?;14-,24-/m..11/s1. The molecular formula is C104H105F13N8O6. The van der Waals surface area contributed by atoms with Crippen LogP contribution in [-0.2, 0) is 44.9 Å². The largest absolute Gasteiger partial charge is 0.508 e. The SMILES string of the molecule is CC(=O)/C=C/c1cc(F)c(C2c3[nH]c4ccc(O)cc4c3CC(C)N2CC(C)(C)F)c(F)c1.CC(=O)/C=C/c1cc(F)c(C2c3[nH]c4ccccc4c3C[C@@H](C)N2CC2(F)CC2)c(F)c1.CC(=O)/C=C/c1cc(F)c([C@@H]2c3[nH]c4ccccc4c3C[C@@H](C)N2CC(C)(F)F)c(F)c1.COc1ccc2c3c([nH]c2c1)C(c1c(F)cc(/C=C/C(C)=O)cc1F)N(CC(C)(C)F)C(C)C3. The Balaban J connectivity index is 0.000000141. The van der Waals surface area contributed by atoms with E-state index in [1.165, 1.54) is 145 Å². The second kappa shape index (κ2) is 37.8. The minimum Gasteiger partial charge on any atom is -0.508 e. The number of phenols is 1. The van der Waals surface area contributed by atoms with E-state index >= 15 is 35.1 Å². The molecular weight excluding hydrogens is 1700 g/mol. The quantitative estimate of drug-likeness (QED) is 0.0344. The van der Waals surface area contributed by atoms with Crippen molar-refractivity contribution in [2.45, 2.75) is 200 Å². The number of nitrogens with one attached hydrogen (secondary N) is 4. The monoisotopic (exact) mass is 1810 g/mol. The van der Waals surface area contributed by atoms with Gasteiger partial charge in [-0.2, -0.15) is 0 Å². The van der Waals surface area contributed by atoms with Crippen molar-refractivity contribution in [1.29, 1.82) is 0 Å². The summed E-state index contributed by atoms with van der Waals surface area (Å²) >= 11 is 0. The first kappa shape index (κ1) is 95.2. The van der Waals surface area contributed by atoms with Gasteiger partial charge in [-0.3, -0.25) is 38.8 Å². The molecule has 0 saturated heterocycles. The predicted octanol–water partition coefficient (Wildman–Crippen LogP) is 23.9. The molecule has 688 valence electrons. The molecule has 0 bridgehead atoms. The molecule has 0 spiro atoms. The summed E-state index contributed by atoms with van der Waals surface area (Å²) in [6, 6.07) is 31.0. The number of hydrogen-bond donors (Lipinski definition) is 5. The lowest BCUT2D eigenvalue weighted by Gasteiger charge is -2.43. The maximum Gasteiger partial charge on any atom is 0.257 e. The number of methoxy groups -OCH3 is 1. The molecule has 5 unspecified atom stereocenters. The number of carbonyl (C=O) groups is 4. The number of ketones is 4. The number of nitrogens with zero attached hydrogens (tertiary/aromatic N) is 4. The van der Waals surface area contributed by atoms with Crippen LogP contribution in [0.15, 0.2) is 158 Å². The lowest BCUT2D eigenvalue weighted by atomic mass is 9.87. The minimum atomic E-state index is -3.05. The van der Waals surface area contributed by atoms with Gasteiger partial charge in [0.1, 0.15) is 75.0 Å². The highest BCUT2D eigenvalue weighted by atomic mass is 19.3. The van der Waals surface area contributed by atoms with E-state index in [0.717, 1.165) is 90.6 Å². The molecule has 8 atom stereocenters. The van der Waals surface area contributed by atoms with Gasteiger partial charge in [0.05, 0.1) is 37.8 Å². The number of H-pyrrole nitrogens is 4. The van der Waals surface area contributed by atoms with Gasteiger partial charge in [-0.05, 0) is 281 Å². The Kier molecular flexibility index (Phi) is 27.4. The van der Waals surface area contributed by atoms with Gasteiger partial charge < -0.3 is 29.8 Å². The number of rotatable bonds is 21. The van der Waals surface area contributed by atoms with Crippen molar-refractivity contribution in [3.8, 4) is 11.5 Å². The fraction of sp³-hybridized carbons (Fsp3) is 0.346. The number of hydrogen-bond acceptors (Lipinski definition) is 10.